The summed E-state index contributed by atoms with van der Waals surface area (Å²) in [5.74, 6) is 0. The average molecular weight is 275 g/mol. The Bertz CT molecular complexity index is 286. The SMILES string of the molecule is O=C1OCCN1[PH](Cl)(Cl)N1CCOC1=O. The molecule has 2 aliphatic rings. The number of carbonyl (C=O) groups excluding carboxylic acids is 2. The van der Waals surface area contributed by atoms with Crippen LogP contribution in [0.2, 0.25) is 0 Å². The van der Waals surface area contributed by atoms with E-state index in [9.17, 15) is 9.59 Å². The van der Waals surface area contributed by atoms with Gasteiger partial charge in [-0.15, -0.1) is 0 Å². The normalized spacial score (nSPS) is 23.1. The van der Waals surface area contributed by atoms with Crippen LogP contribution < -0.4 is 0 Å². The first kappa shape index (κ1) is 11.0. The predicted octanol–water partition coefficient (Wildman–Crippen LogP) is 1.78. The Balaban J connectivity index is 2.17. The second-order valence-corrected chi connectivity index (χ2v) is 8.88. The van der Waals surface area contributed by atoms with Crippen LogP contribution in [-0.4, -0.2) is 47.8 Å². The number of hydrogen-bond donors (Lipinski definition) is 0. The van der Waals surface area contributed by atoms with Gasteiger partial charge < -0.3 is 0 Å². The van der Waals surface area contributed by atoms with Crippen molar-refractivity contribution in [2.45, 2.75) is 0 Å². The third-order valence-corrected chi connectivity index (χ3v) is 6.73. The molecule has 0 atom stereocenters. The van der Waals surface area contributed by atoms with Crippen molar-refractivity contribution in [3.8, 4) is 0 Å². The molecule has 2 rings (SSSR count). The van der Waals surface area contributed by atoms with Gasteiger partial charge in [-0.2, -0.15) is 0 Å². The summed E-state index contributed by atoms with van der Waals surface area (Å²) >= 11 is 12.2. The zero-order valence-corrected chi connectivity index (χ0v) is 10.1. The summed E-state index contributed by atoms with van der Waals surface area (Å²) in [5, 5.41) is 0. The van der Waals surface area contributed by atoms with Crippen LogP contribution in [0.4, 0.5) is 9.59 Å². The topological polar surface area (TPSA) is 59.1 Å². The third kappa shape index (κ3) is 1.82. The van der Waals surface area contributed by atoms with Crippen LogP contribution >= 0.6 is 28.8 Å². The van der Waals surface area contributed by atoms with Crippen LogP contribution in [0.5, 0.6) is 0 Å². The minimum absolute atomic E-state index is 0.246. The van der Waals surface area contributed by atoms with Gasteiger partial charge in [0.15, 0.2) is 0 Å². The van der Waals surface area contributed by atoms with Crippen LogP contribution in [0.25, 0.3) is 0 Å². The summed E-state index contributed by atoms with van der Waals surface area (Å²) in [6.07, 6.45) is -4.46. The van der Waals surface area contributed by atoms with Crippen molar-refractivity contribution < 1.29 is 19.1 Å². The standard InChI is InChI=1S/C6H9Cl2N2O4P/c7-15(8,9-1-3-13-5(9)11)10-2-4-14-6(10)12/h15H,1-4H2. The molecule has 2 aliphatic heterocycles. The second kappa shape index (κ2) is 3.85. The molecule has 0 saturated carbocycles. The van der Waals surface area contributed by atoms with Gasteiger partial charge in [0.05, 0.1) is 0 Å². The van der Waals surface area contributed by atoms with E-state index in [2.05, 4.69) is 0 Å². The fourth-order valence-electron chi connectivity index (χ4n) is 1.42. The van der Waals surface area contributed by atoms with E-state index in [-0.39, 0.29) is 13.2 Å². The van der Waals surface area contributed by atoms with Crippen molar-refractivity contribution >= 4 is 40.9 Å². The van der Waals surface area contributed by atoms with E-state index >= 15 is 0 Å². The summed E-state index contributed by atoms with van der Waals surface area (Å²) < 4.78 is 11.9. The Labute approximate surface area is 96.0 Å². The molecule has 0 spiro atoms. The molecule has 15 heavy (non-hydrogen) atoms. The first-order valence-electron chi connectivity index (χ1n) is 4.30. The average Bonchev–Trinajstić information content (AvgIpc) is 2.73. The summed E-state index contributed by atoms with van der Waals surface area (Å²) in [4.78, 5) is 22.6. The molecule has 0 unspecified atom stereocenters. The number of nitrogens with zero attached hydrogens (tertiary/aromatic N) is 2. The Morgan fingerprint density at radius 3 is 1.67 bits per heavy atom. The monoisotopic (exact) mass is 274 g/mol. The molecule has 2 saturated heterocycles. The zero-order valence-electron chi connectivity index (χ0n) is 7.61. The van der Waals surface area contributed by atoms with Crippen LogP contribution in [0.3, 0.4) is 0 Å². The fourth-order valence-corrected chi connectivity index (χ4v) is 4.84. The molecule has 6 nitrogen and oxygen atoms in total. The molecular formula is C6H9Cl2N2O4P. The molecular weight excluding hydrogens is 266 g/mol. The molecule has 86 valence electrons. The van der Waals surface area contributed by atoms with Crippen molar-refractivity contribution in [1.82, 2.24) is 9.34 Å². The van der Waals surface area contributed by atoms with Gasteiger partial charge in [0, 0.05) is 0 Å². The zero-order chi connectivity index (χ0) is 11.1. The molecule has 0 radical (unpaired) electrons. The second-order valence-electron chi connectivity index (χ2n) is 3.04. The molecule has 0 aromatic rings. The van der Waals surface area contributed by atoms with E-state index in [0.29, 0.717) is 13.1 Å². The quantitative estimate of drug-likeness (QED) is 0.721. The Hall–Kier alpha value is -0.450. The molecule has 2 heterocycles. The summed E-state index contributed by atoms with van der Waals surface area (Å²) in [5.41, 5.74) is 0. The van der Waals surface area contributed by atoms with E-state index in [1.165, 1.54) is 9.34 Å². The molecule has 0 aromatic heterocycles. The molecule has 2 fully saturated rings. The molecule has 0 aliphatic carbocycles. The van der Waals surface area contributed by atoms with Crippen molar-refractivity contribution in [2.24, 2.45) is 0 Å². The first-order chi connectivity index (χ1) is 7.03. The minimum atomic E-state index is -3.30. The van der Waals surface area contributed by atoms with Gasteiger partial charge in [-0.1, -0.05) is 0 Å². The molecule has 2 amide bonds. The third-order valence-electron chi connectivity index (χ3n) is 2.17. The van der Waals surface area contributed by atoms with Gasteiger partial charge in [-0.25, -0.2) is 0 Å². The molecule has 0 bridgehead atoms. The van der Waals surface area contributed by atoms with Gasteiger partial charge >= 0.3 is 95.6 Å². The van der Waals surface area contributed by atoms with Gasteiger partial charge in [0.25, 0.3) is 0 Å². The van der Waals surface area contributed by atoms with Crippen LogP contribution in [0.1, 0.15) is 0 Å². The van der Waals surface area contributed by atoms with E-state index in [1.807, 2.05) is 0 Å². The maximum absolute atomic E-state index is 11.3. The van der Waals surface area contributed by atoms with Crippen molar-refractivity contribution in [3.63, 3.8) is 0 Å². The molecule has 0 N–H and O–H groups in total. The van der Waals surface area contributed by atoms with Crippen molar-refractivity contribution in [3.05, 3.63) is 0 Å². The number of halogens is 2. The van der Waals surface area contributed by atoms with E-state index in [1.54, 1.807) is 0 Å². The number of rotatable bonds is 2. The fraction of sp³-hybridized carbons (Fsp3) is 0.667. The van der Waals surface area contributed by atoms with E-state index in [0.717, 1.165) is 0 Å². The maximum atomic E-state index is 11.3. The summed E-state index contributed by atoms with van der Waals surface area (Å²) in [6.45, 7) is 1.11. The van der Waals surface area contributed by atoms with Gasteiger partial charge in [0.2, 0.25) is 0 Å². The first-order valence-corrected chi connectivity index (χ1v) is 8.22. The predicted molar refractivity (Wildman–Crippen MR) is 56.1 cm³/mol. The van der Waals surface area contributed by atoms with E-state index < -0.39 is 18.5 Å². The molecule has 9 heteroatoms. The van der Waals surface area contributed by atoms with Crippen LogP contribution in [0.15, 0.2) is 0 Å². The van der Waals surface area contributed by atoms with Crippen molar-refractivity contribution in [2.75, 3.05) is 26.3 Å². The number of carbonyl (C=O) groups is 2. The van der Waals surface area contributed by atoms with Gasteiger partial charge in [-0.05, 0) is 0 Å². The van der Waals surface area contributed by atoms with Gasteiger partial charge in [-0.3, -0.25) is 0 Å². The molecule has 0 aromatic carbocycles. The van der Waals surface area contributed by atoms with Gasteiger partial charge in [0.1, 0.15) is 0 Å². The van der Waals surface area contributed by atoms with Crippen LogP contribution in [-0.2, 0) is 9.47 Å². The van der Waals surface area contributed by atoms with Crippen molar-refractivity contribution in [1.29, 1.82) is 0 Å². The number of amides is 2. The number of hydrogen-bond acceptors (Lipinski definition) is 4. The summed E-state index contributed by atoms with van der Waals surface area (Å²) in [7, 11) is 0. The Morgan fingerprint density at radius 2 is 1.40 bits per heavy atom. The number of cyclic esters (lactones) is 2. The number of ether oxygens (including phenoxy) is 2. The van der Waals surface area contributed by atoms with E-state index in [4.69, 9.17) is 32.0 Å². The van der Waals surface area contributed by atoms with Crippen LogP contribution in [0, 0.1) is 0 Å². The summed E-state index contributed by atoms with van der Waals surface area (Å²) in [6, 6.07) is 0. The Kier molecular flexibility index (Phi) is 2.83. The Morgan fingerprint density at radius 1 is 1.00 bits per heavy atom.